The van der Waals surface area contributed by atoms with Crippen molar-refractivity contribution in [3.05, 3.63) is 78.8 Å². The van der Waals surface area contributed by atoms with E-state index in [-0.39, 0.29) is 11.9 Å². The lowest BCUT2D eigenvalue weighted by Crippen LogP contribution is -2.30. The van der Waals surface area contributed by atoms with Gasteiger partial charge in [-0.1, -0.05) is 49.8 Å². The van der Waals surface area contributed by atoms with E-state index in [1.54, 1.807) is 13.2 Å². The Kier molecular flexibility index (Phi) is 10.1. The summed E-state index contributed by atoms with van der Waals surface area (Å²) in [5, 5.41) is 0.838. The fraction of sp³-hybridized carbons (Fsp3) is 0.382. The highest BCUT2D eigenvalue weighted by Gasteiger charge is 2.31. The molecule has 0 spiro atoms. The first kappa shape index (κ1) is 30.3. The Morgan fingerprint density at radius 3 is 2.60 bits per heavy atom. The number of benzene rings is 2. The van der Waals surface area contributed by atoms with Gasteiger partial charge in [-0.15, -0.1) is 0 Å². The summed E-state index contributed by atoms with van der Waals surface area (Å²) in [6.45, 7) is 8.88. The molecule has 1 atom stereocenters. The number of ether oxygens (including phenoxy) is 2. The van der Waals surface area contributed by atoms with Crippen molar-refractivity contribution < 1.29 is 14.3 Å². The summed E-state index contributed by atoms with van der Waals surface area (Å²) in [7, 11) is 1.72. The Morgan fingerprint density at radius 1 is 1.09 bits per heavy atom. The van der Waals surface area contributed by atoms with Gasteiger partial charge in [0.15, 0.2) is 0 Å². The van der Waals surface area contributed by atoms with Crippen LogP contribution < -0.4 is 10.5 Å². The standard InChI is InChI=1S/C34H42N6O3/c1-4-5-18-38(21-22-42-3)19-9-12-30(41)39-20-17-27(23-39)40-25(2)31(32-33(35)36-24-37-34(32)40)26-13-15-29(16-14-26)43-28-10-7-6-8-11-28/h6-16,24,27H,4-5,17-23H2,1-3H3,(H2,35,36,37)/b12-9+/t27-/m1/s1. The fourth-order valence-electron chi connectivity index (χ4n) is 5.84. The van der Waals surface area contributed by atoms with Gasteiger partial charge in [-0.2, -0.15) is 0 Å². The second-order valence-electron chi connectivity index (χ2n) is 11.0. The van der Waals surface area contributed by atoms with Crippen LogP contribution in [0.2, 0.25) is 0 Å². The number of nitrogens with zero attached hydrogens (tertiary/aromatic N) is 5. The maximum absolute atomic E-state index is 13.2. The van der Waals surface area contributed by atoms with Gasteiger partial charge in [-0.3, -0.25) is 9.69 Å². The molecule has 3 heterocycles. The molecule has 0 radical (unpaired) electrons. The molecular formula is C34H42N6O3. The maximum Gasteiger partial charge on any atom is 0.246 e. The van der Waals surface area contributed by atoms with Crippen LogP contribution >= 0.6 is 0 Å². The lowest BCUT2D eigenvalue weighted by Gasteiger charge is -2.20. The van der Waals surface area contributed by atoms with Gasteiger partial charge in [-0.05, 0) is 56.1 Å². The Balaban J connectivity index is 1.33. The smallest absolute Gasteiger partial charge is 0.246 e. The molecule has 2 aromatic heterocycles. The minimum Gasteiger partial charge on any atom is -0.457 e. The van der Waals surface area contributed by atoms with Crippen molar-refractivity contribution >= 4 is 22.8 Å². The fourth-order valence-corrected chi connectivity index (χ4v) is 5.84. The van der Waals surface area contributed by atoms with Crippen LogP contribution in [-0.4, -0.2) is 76.7 Å². The number of anilines is 1. The van der Waals surface area contributed by atoms with Crippen LogP contribution in [0.25, 0.3) is 22.2 Å². The molecule has 226 valence electrons. The van der Waals surface area contributed by atoms with E-state index in [2.05, 4.69) is 33.3 Å². The molecule has 1 aliphatic rings. The number of amides is 1. The molecule has 1 saturated heterocycles. The molecule has 9 heteroatoms. The van der Waals surface area contributed by atoms with Crippen LogP contribution in [0.1, 0.15) is 37.9 Å². The van der Waals surface area contributed by atoms with Crippen LogP contribution in [-0.2, 0) is 9.53 Å². The molecule has 9 nitrogen and oxygen atoms in total. The number of hydrogen-bond donors (Lipinski definition) is 1. The Labute approximate surface area is 253 Å². The van der Waals surface area contributed by atoms with Crippen LogP contribution in [0.5, 0.6) is 11.5 Å². The van der Waals surface area contributed by atoms with Gasteiger partial charge < -0.3 is 24.7 Å². The lowest BCUT2D eigenvalue weighted by atomic mass is 10.0. The summed E-state index contributed by atoms with van der Waals surface area (Å²) in [5.41, 5.74) is 10.3. The van der Waals surface area contributed by atoms with E-state index >= 15 is 0 Å². The molecular weight excluding hydrogens is 540 g/mol. The normalized spacial score (nSPS) is 15.3. The van der Waals surface area contributed by atoms with E-state index in [0.717, 1.165) is 78.2 Å². The third-order valence-electron chi connectivity index (χ3n) is 8.08. The second-order valence-corrected chi connectivity index (χ2v) is 11.0. The number of nitrogens with two attached hydrogens (primary N) is 1. The molecule has 1 aliphatic heterocycles. The SMILES string of the molecule is CCCCN(C/C=C/C(=O)N1CC[C@@H](n2c(C)c(-c3ccc(Oc4ccccc4)cc3)c3c(N)ncnc32)C1)CCOC. The number of methoxy groups -OCH3 is 1. The molecule has 2 N–H and O–H groups in total. The minimum atomic E-state index is 0.0437. The Hall–Kier alpha value is -4.21. The van der Waals surface area contributed by atoms with Gasteiger partial charge in [0.05, 0.1) is 18.0 Å². The molecule has 5 rings (SSSR count). The number of carbonyl (C=O) groups is 1. The number of carbonyl (C=O) groups excluding carboxylic acids is 1. The Morgan fingerprint density at radius 2 is 1.86 bits per heavy atom. The number of hydrogen-bond acceptors (Lipinski definition) is 7. The van der Waals surface area contributed by atoms with Crippen LogP contribution in [0, 0.1) is 6.92 Å². The van der Waals surface area contributed by atoms with Crippen molar-refractivity contribution in [2.45, 2.75) is 39.2 Å². The summed E-state index contributed by atoms with van der Waals surface area (Å²) < 4.78 is 13.5. The van der Waals surface area contributed by atoms with Gasteiger partial charge in [0, 0.05) is 50.6 Å². The zero-order valence-corrected chi connectivity index (χ0v) is 25.4. The predicted octanol–water partition coefficient (Wildman–Crippen LogP) is 5.86. The summed E-state index contributed by atoms with van der Waals surface area (Å²) in [6, 6.07) is 17.8. The summed E-state index contributed by atoms with van der Waals surface area (Å²) in [5.74, 6) is 2.03. The molecule has 2 aromatic carbocycles. The molecule has 43 heavy (non-hydrogen) atoms. The number of likely N-dealkylation sites (tertiary alicyclic amines) is 1. The first-order valence-electron chi connectivity index (χ1n) is 15.1. The average molecular weight is 583 g/mol. The van der Waals surface area contributed by atoms with E-state index < -0.39 is 0 Å². The average Bonchev–Trinajstić information content (AvgIpc) is 3.62. The van der Waals surface area contributed by atoms with Gasteiger partial charge in [0.25, 0.3) is 0 Å². The number of para-hydroxylation sites is 1. The topological polar surface area (TPSA) is 98.7 Å². The van der Waals surface area contributed by atoms with Crippen LogP contribution in [0.4, 0.5) is 5.82 Å². The van der Waals surface area contributed by atoms with Crippen LogP contribution in [0.3, 0.4) is 0 Å². The van der Waals surface area contributed by atoms with Crippen molar-refractivity contribution in [1.29, 1.82) is 0 Å². The molecule has 0 saturated carbocycles. The Bertz CT molecular complexity index is 1530. The number of unbranched alkanes of at least 4 members (excludes halogenated alkanes) is 1. The summed E-state index contributed by atoms with van der Waals surface area (Å²) >= 11 is 0. The molecule has 0 aliphatic carbocycles. The van der Waals surface area contributed by atoms with E-state index in [1.807, 2.05) is 65.6 Å². The van der Waals surface area contributed by atoms with Crippen LogP contribution in [0.15, 0.2) is 73.1 Å². The number of rotatable bonds is 13. The zero-order chi connectivity index (χ0) is 30.2. The van der Waals surface area contributed by atoms with Crippen molar-refractivity contribution in [2.75, 3.05) is 52.2 Å². The molecule has 1 fully saturated rings. The predicted molar refractivity (Wildman–Crippen MR) is 171 cm³/mol. The van der Waals surface area contributed by atoms with Gasteiger partial charge in [0.1, 0.15) is 29.3 Å². The quantitative estimate of drug-likeness (QED) is 0.197. The third kappa shape index (κ3) is 7.06. The van der Waals surface area contributed by atoms with E-state index in [4.69, 9.17) is 15.2 Å². The highest BCUT2D eigenvalue weighted by molar-refractivity contribution is 6.02. The molecule has 0 bridgehead atoms. The second kappa shape index (κ2) is 14.3. The monoisotopic (exact) mass is 582 g/mol. The number of aromatic nitrogens is 3. The van der Waals surface area contributed by atoms with E-state index in [9.17, 15) is 4.79 Å². The van der Waals surface area contributed by atoms with Crippen molar-refractivity contribution in [3.63, 3.8) is 0 Å². The minimum absolute atomic E-state index is 0.0437. The lowest BCUT2D eigenvalue weighted by molar-refractivity contribution is -0.125. The van der Waals surface area contributed by atoms with Gasteiger partial charge in [0.2, 0.25) is 5.91 Å². The number of nitrogen functional groups attached to an aromatic ring is 1. The van der Waals surface area contributed by atoms with Crippen molar-refractivity contribution in [3.8, 4) is 22.6 Å². The highest BCUT2D eigenvalue weighted by atomic mass is 16.5. The number of fused-ring (bicyclic) bond motifs is 1. The van der Waals surface area contributed by atoms with Gasteiger partial charge >= 0.3 is 0 Å². The van der Waals surface area contributed by atoms with Gasteiger partial charge in [-0.25, -0.2) is 9.97 Å². The first-order chi connectivity index (χ1) is 21.0. The first-order valence-corrected chi connectivity index (χ1v) is 15.1. The van der Waals surface area contributed by atoms with Crippen molar-refractivity contribution in [2.24, 2.45) is 0 Å². The summed E-state index contributed by atoms with van der Waals surface area (Å²) in [6.07, 6.45) is 8.33. The zero-order valence-electron chi connectivity index (χ0n) is 25.4. The van der Waals surface area contributed by atoms with E-state index in [0.29, 0.717) is 25.5 Å². The third-order valence-corrected chi connectivity index (χ3v) is 8.08. The highest BCUT2D eigenvalue weighted by Crippen LogP contribution is 2.40. The van der Waals surface area contributed by atoms with Crippen molar-refractivity contribution in [1.82, 2.24) is 24.3 Å². The van der Waals surface area contributed by atoms with E-state index in [1.165, 1.54) is 6.33 Å². The maximum atomic E-state index is 13.2. The molecule has 1 amide bonds. The molecule has 0 unspecified atom stereocenters. The summed E-state index contributed by atoms with van der Waals surface area (Å²) in [4.78, 5) is 26.4. The largest absolute Gasteiger partial charge is 0.457 e. The molecule has 4 aromatic rings.